The van der Waals surface area contributed by atoms with Crippen LogP contribution in [0.2, 0.25) is 0 Å². The molecule has 0 saturated heterocycles. The van der Waals surface area contributed by atoms with Crippen molar-refractivity contribution in [2.45, 2.75) is 38.2 Å². The van der Waals surface area contributed by atoms with Crippen LogP contribution < -0.4 is 0 Å². The van der Waals surface area contributed by atoms with Gasteiger partial charge < -0.3 is 14.9 Å². The first-order valence-corrected chi connectivity index (χ1v) is 5.30. The number of hydrogen-bond acceptors (Lipinski definition) is 3. The normalized spacial score (nSPS) is 30.2. The molecule has 16 heavy (non-hydrogen) atoms. The summed E-state index contributed by atoms with van der Waals surface area (Å²) in [7, 11) is 0. The zero-order chi connectivity index (χ0) is 12.2. The summed E-state index contributed by atoms with van der Waals surface area (Å²) in [5.41, 5.74) is -1.60. The van der Waals surface area contributed by atoms with Crippen molar-refractivity contribution < 1.29 is 24.5 Å². The van der Waals surface area contributed by atoms with Gasteiger partial charge in [-0.2, -0.15) is 0 Å². The predicted octanol–water partition coefficient (Wildman–Crippen LogP) is 1.63. The lowest BCUT2D eigenvalue weighted by Gasteiger charge is -2.37. The highest BCUT2D eigenvalue weighted by Crippen LogP contribution is 2.37. The second-order valence-electron chi connectivity index (χ2n) is 3.92. The van der Waals surface area contributed by atoms with E-state index in [2.05, 4.69) is 0 Å². The van der Waals surface area contributed by atoms with Crippen LogP contribution >= 0.6 is 0 Å². The van der Waals surface area contributed by atoms with Gasteiger partial charge in [-0.15, -0.1) is 0 Å². The Labute approximate surface area is 93.7 Å². The van der Waals surface area contributed by atoms with Crippen molar-refractivity contribution in [3.8, 4) is 0 Å². The standard InChI is InChI=1S/C11H16O5/c1-2-7-16-11(10(14)15)6-4-3-5-8(11)9(12)13/h2,7-8H,3-6H2,1H3,(H,12,13)(H,14,15). The number of allylic oxidation sites excluding steroid dienone is 1. The Morgan fingerprint density at radius 3 is 2.56 bits per heavy atom. The van der Waals surface area contributed by atoms with E-state index in [1.54, 1.807) is 13.0 Å². The molecule has 2 atom stereocenters. The zero-order valence-electron chi connectivity index (χ0n) is 9.18. The Hall–Kier alpha value is -1.52. The number of ether oxygens (including phenoxy) is 1. The fourth-order valence-corrected chi connectivity index (χ4v) is 2.10. The van der Waals surface area contributed by atoms with Gasteiger partial charge in [0.2, 0.25) is 5.60 Å². The molecule has 1 aliphatic rings. The van der Waals surface area contributed by atoms with Crippen LogP contribution in [0.25, 0.3) is 0 Å². The van der Waals surface area contributed by atoms with E-state index in [4.69, 9.17) is 9.84 Å². The Bertz CT molecular complexity index is 309. The average molecular weight is 228 g/mol. The highest BCUT2D eigenvalue weighted by molar-refractivity contribution is 5.86. The molecule has 5 heteroatoms. The second-order valence-corrected chi connectivity index (χ2v) is 3.92. The highest BCUT2D eigenvalue weighted by Gasteiger charge is 2.52. The van der Waals surface area contributed by atoms with Gasteiger partial charge in [0.1, 0.15) is 5.92 Å². The van der Waals surface area contributed by atoms with Crippen molar-refractivity contribution in [2.24, 2.45) is 5.92 Å². The van der Waals surface area contributed by atoms with Gasteiger partial charge in [0.05, 0.1) is 6.26 Å². The molecule has 2 unspecified atom stereocenters. The summed E-state index contributed by atoms with van der Waals surface area (Å²) in [6.07, 6.45) is 4.80. The van der Waals surface area contributed by atoms with Crippen molar-refractivity contribution in [1.29, 1.82) is 0 Å². The molecule has 1 rings (SSSR count). The lowest BCUT2D eigenvalue weighted by Crippen LogP contribution is -2.52. The lowest BCUT2D eigenvalue weighted by molar-refractivity contribution is -0.180. The first-order chi connectivity index (χ1) is 7.54. The monoisotopic (exact) mass is 228 g/mol. The number of hydrogen-bond donors (Lipinski definition) is 2. The van der Waals surface area contributed by atoms with Crippen molar-refractivity contribution in [3.63, 3.8) is 0 Å². The maximum absolute atomic E-state index is 11.3. The minimum absolute atomic E-state index is 0.240. The maximum Gasteiger partial charge on any atom is 0.348 e. The third-order valence-electron chi connectivity index (χ3n) is 2.93. The summed E-state index contributed by atoms with van der Waals surface area (Å²) in [6, 6.07) is 0. The Morgan fingerprint density at radius 1 is 1.38 bits per heavy atom. The SMILES string of the molecule is CC=COC1(C(=O)O)CCCCC1C(=O)O. The van der Waals surface area contributed by atoms with Crippen LogP contribution in [0, 0.1) is 5.92 Å². The van der Waals surface area contributed by atoms with Crippen LogP contribution in [-0.4, -0.2) is 27.8 Å². The summed E-state index contributed by atoms with van der Waals surface area (Å²) in [6.45, 7) is 1.69. The number of rotatable bonds is 4. The van der Waals surface area contributed by atoms with E-state index in [0.717, 1.165) is 6.42 Å². The zero-order valence-corrected chi connectivity index (χ0v) is 9.18. The molecule has 2 N–H and O–H groups in total. The van der Waals surface area contributed by atoms with Crippen molar-refractivity contribution >= 4 is 11.9 Å². The molecule has 1 fully saturated rings. The van der Waals surface area contributed by atoms with Crippen LogP contribution in [0.3, 0.4) is 0 Å². The molecule has 0 bridgehead atoms. The maximum atomic E-state index is 11.3. The Balaban J connectivity index is 3.02. The molecule has 0 amide bonds. The fraction of sp³-hybridized carbons (Fsp3) is 0.636. The summed E-state index contributed by atoms with van der Waals surface area (Å²) in [5, 5.41) is 18.3. The first-order valence-electron chi connectivity index (χ1n) is 5.30. The molecule has 0 aromatic carbocycles. The van der Waals surface area contributed by atoms with E-state index in [1.807, 2.05) is 0 Å². The molecule has 1 aliphatic carbocycles. The fourth-order valence-electron chi connectivity index (χ4n) is 2.10. The van der Waals surface area contributed by atoms with Gasteiger partial charge in [-0.25, -0.2) is 4.79 Å². The lowest BCUT2D eigenvalue weighted by atomic mass is 9.75. The predicted molar refractivity (Wildman–Crippen MR) is 55.9 cm³/mol. The topological polar surface area (TPSA) is 83.8 Å². The van der Waals surface area contributed by atoms with Gasteiger partial charge >= 0.3 is 11.9 Å². The minimum Gasteiger partial charge on any atom is -0.483 e. The van der Waals surface area contributed by atoms with Gasteiger partial charge in [-0.1, -0.05) is 12.5 Å². The number of carbonyl (C=O) groups is 2. The van der Waals surface area contributed by atoms with E-state index in [9.17, 15) is 14.7 Å². The molecular formula is C11H16O5. The number of aliphatic carboxylic acids is 2. The van der Waals surface area contributed by atoms with Gasteiger partial charge in [-0.05, 0) is 26.2 Å². The third-order valence-corrected chi connectivity index (χ3v) is 2.93. The van der Waals surface area contributed by atoms with Gasteiger partial charge in [0, 0.05) is 0 Å². The van der Waals surface area contributed by atoms with Crippen LogP contribution in [0.4, 0.5) is 0 Å². The molecule has 0 spiro atoms. The van der Waals surface area contributed by atoms with Gasteiger partial charge in [0.25, 0.3) is 0 Å². The Kier molecular flexibility index (Phi) is 3.93. The van der Waals surface area contributed by atoms with Crippen LogP contribution in [0.1, 0.15) is 32.6 Å². The summed E-state index contributed by atoms with van der Waals surface area (Å²) in [5.74, 6) is -3.28. The molecule has 0 heterocycles. The summed E-state index contributed by atoms with van der Waals surface area (Å²) >= 11 is 0. The third kappa shape index (κ3) is 2.18. The van der Waals surface area contributed by atoms with Crippen molar-refractivity contribution in [2.75, 3.05) is 0 Å². The molecule has 0 radical (unpaired) electrons. The molecule has 0 aliphatic heterocycles. The van der Waals surface area contributed by atoms with Gasteiger partial charge in [0.15, 0.2) is 0 Å². The molecule has 0 aromatic heterocycles. The molecule has 5 nitrogen and oxygen atoms in total. The Morgan fingerprint density at radius 2 is 2.06 bits per heavy atom. The largest absolute Gasteiger partial charge is 0.483 e. The van der Waals surface area contributed by atoms with Crippen LogP contribution in [0.5, 0.6) is 0 Å². The number of carboxylic acids is 2. The van der Waals surface area contributed by atoms with Crippen LogP contribution in [0.15, 0.2) is 12.3 Å². The number of carboxylic acid groups (broad SMARTS) is 2. The van der Waals surface area contributed by atoms with E-state index in [-0.39, 0.29) is 6.42 Å². The van der Waals surface area contributed by atoms with Crippen LogP contribution in [-0.2, 0) is 14.3 Å². The van der Waals surface area contributed by atoms with E-state index >= 15 is 0 Å². The first kappa shape index (κ1) is 12.5. The molecule has 90 valence electrons. The van der Waals surface area contributed by atoms with Gasteiger partial charge in [-0.3, -0.25) is 4.79 Å². The quantitative estimate of drug-likeness (QED) is 0.714. The molecule has 1 saturated carbocycles. The van der Waals surface area contributed by atoms with Crippen molar-refractivity contribution in [1.82, 2.24) is 0 Å². The summed E-state index contributed by atoms with van der Waals surface area (Å²) < 4.78 is 5.19. The molecular weight excluding hydrogens is 212 g/mol. The molecule has 0 aromatic rings. The minimum atomic E-state index is -1.60. The van der Waals surface area contributed by atoms with Crippen molar-refractivity contribution in [3.05, 3.63) is 12.3 Å². The van der Waals surface area contributed by atoms with E-state index in [1.165, 1.54) is 6.26 Å². The summed E-state index contributed by atoms with van der Waals surface area (Å²) in [4.78, 5) is 22.3. The van der Waals surface area contributed by atoms with E-state index < -0.39 is 23.5 Å². The van der Waals surface area contributed by atoms with E-state index in [0.29, 0.717) is 12.8 Å². The average Bonchev–Trinajstić information content (AvgIpc) is 2.26. The highest BCUT2D eigenvalue weighted by atomic mass is 16.5. The smallest absolute Gasteiger partial charge is 0.348 e. The second kappa shape index (κ2) is 5.01.